The third-order valence-corrected chi connectivity index (χ3v) is 4.75. The van der Waals surface area contributed by atoms with E-state index in [0.29, 0.717) is 19.3 Å². The van der Waals surface area contributed by atoms with E-state index >= 15 is 0 Å². The van der Waals surface area contributed by atoms with Crippen molar-refractivity contribution in [3.05, 3.63) is 12.2 Å². The molecule has 0 bridgehead atoms. The minimum Gasteiger partial charge on any atom is -0.462 e. The van der Waals surface area contributed by atoms with E-state index < -0.39 is 18.2 Å². The highest BCUT2D eigenvalue weighted by molar-refractivity contribution is 5.72. The molecule has 1 heterocycles. The van der Waals surface area contributed by atoms with Gasteiger partial charge in [-0.25, -0.2) is 0 Å². The molecule has 2 rings (SSSR count). The van der Waals surface area contributed by atoms with Crippen LogP contribution in [0.4, 0.5) is 13.2 Å². The summed E-state index contributed by atoms with van der Waals surface area (Å²) in [5, 5.41) is 9.92. The fourth-order valence-corrected chi connectivity index (χ4v) is 3.48. The minimum atomic E-state index is -4.40. The highest BCUT2D eigenvalue weighted by atomic mass is 19.4. The van der Waals surface area contributed by atoms with Crippen LogP contribution in [0.1, 0.15) is 45.4 Å². The quantitative estimate of drug-likeness (QED) is 0.601. The highest BCUT2D eigenvalue weighted by Crippen LogP contribution is 2.42. The van der Waals surface area contributed by atoms with Crippen molar-refractivity contribution in [1.82, 2.24) is 0 Å². The standard InChI is InChI=1S/C16H23F3O3/c1-2-3-4-12(16(17,18)19)13(20)7-5-10-6-8-14-11(10)9-15(21)22-14/h5,7,10-14,20H,2-4,6,8-9H2,1H3/b7-5+. The summed E-state index contributed by atoms with van der Waals surface area (Å²) < 4.78 is 44.2. The van der Waals surface area contributed by atoms with Crippen LogP contribution in [0.5, 0.6) is 0 Å². The number of halogens is 3. The molecule has 1 N–H and O–H groups in total. The zero-order valence-corrected chi connectivity index (χ0v) is 12.7. The summed E-state index contributed by atoms with van der Waals surface area (Å²) in [6, 6.07) is 0. The monoisotopic (exact) mass is 320 g/mol. The van der Waals surface area contributed by atoms with Crippen LogP contribution in [0.25, 0.3) is 0 Å². The van der Waals surface area contributed by atoms with E-state index in [1.54, 1.807) is 6.08 Å². The summed E-state index contributed by atoms with van der Waals surface area (Å²) in [6.07, 6.45) is -0.202. The number of aliphatic hydroxyl groups is 1. The highest BCUT2D eigenvalue weighted by Gasteiger charge is 2.45. The van der Waals surface area contributed by atoms with Gasteiger partial charge in [0.15, 0.2) is 0 Å². The van der Waals surface area contributed by atoms with Crippen LogP contribution in [0.15, 0.2) is 12.2 Å². The Morgan fingerprint density at radius 3 is 2.77 bits per heavy atom. The van der Waals surface area contributed by atoms with E-state index in [4.69, 9.17) is 4.74 Å². The molecule has 3 nitrogen and oxygen atoms in total. The van der Waals surface area contributed by atoms with E-state index in [0.717, 1.165) is 12.8 Å². The summed E-state index contributed by atoms with van der Waals surface area (Å²) >= 11 is 0. The molecule has 126 valence electrons. The molecule has 0 spiro atoms. The number of ether oxygens (including phenoxy) is 1. The van der Waals surface area contributed by atoms with Crippen molar-refractivity contribution in [2.24, 2.45) is 17.8 Å². The Labute approximate surface area is 128 Å². The summed E-state index contributed by atoms with van der Waals surface area (Å²) in [5.41, 5.74) is 0. The lowest BCUT2D eigenvalue weighted by atomic mass is 9.90. The zero-order chi connectivity index (χ0) is 16.3. The molecule has 1 saturated carbocycles. The van der Waals surface area contributed by atoms with Gasteiger partial charge in [-0.2, -0.15) is 13.2 Å². The molecule has 22 heavy (non-hydrogen) atoms. The maximum absolute atomic E-state index is 13.0. The molecule has 1 aliphatic heterocycles. The minimum absolute atomic E-state index is 0.0196. The molecule has 5 atom stereocenters. The molecular weight excluding hydrogens is 297 g/mol. The third-order valence-electron chi connectivity index (χ3n) is 4.75. The van der Waals surface area contributed by atoms with Crippen molar-refractivity contribution >= 4 is 5.97 Å². The number of aliphatic hydroxyl groups excluding tert-OH is 1. The Morgan fingerprint density at radius 2 is 2.14 bits per heavy atom. The first-order chi connectivity index (χ1) is 10.3. The number of hydrogen-bond acceptors (Lipinski definition) is 3. The molecule has 0 aromatic carbocycles. The van der Waals surface area contributed by atoms with Gasteiger partial charge in [0.25, 0.3) is 0 Å². The number of carbonyl (C=O) groups is 1. The third kappa shape index (κ3) is 4.03. The maximum Gasteiger partial charge on any atom is 0.394 e. The van der Waals surface area contributed by atoms with Gasteiger partial charge in [0.1, 0.15) is 6.10 Å². The van der Waals surface area contributed by atoms with E-state index in [1.807, 2.05) is 6.92 Å². The number of esters is 1. The first-order valence-electron chi connectivity index (χ1n) is 7.95. The molecule has 0 aromatic rings. The molecule has 0 aromatic heterocycles. The second kappa shape index (κ2) is 7.02. The van der Waals surface area contributed by atoms with Crippen LogP contribution in [0.2, 0.25) is 0 Å². The van der Waals surface area contributed by atoms with Gasteiger partial charge < -0.3 is 9.84 Å². The number of unbranched alkanes of at least 4 members (excludes halogenated alkanes) is 1. The smallest absolute Gasteiger partial charge is 0.394 e. The molecule has 0 radical (unpaired) electrons. The van der Waals surface area contributed by atoms with Gasteiger partial charge in [0.05, 0.1) is 18.4 Å². The van der Waals surface area contributed by atoms with Crippen molar-refractivity contribution in [2.75, 3.05) is 0 Å². The predicted octanol–water partition coefficient (Wildman–Crippen LogP) is 3.61. The van der Waals surface area contributed by atoms with E-state index in [-0.39, 0.29) is 30.3 Å². The molecule has 1 aliphatic carbocycles. The SMILES string of the molecule is CCCCC(C(O)/C=C/C1CCC2OC(=O)CC12)C(F)(F)F. The van der Waals surface area contributed by atoms with Crippen molar-refractivity contribution in [3.63, 3.8) is 0 Å². The van der Waals surface area contributed by atoms with Gasteiger partial charge in [-0.1, -0.05) is 31.9 Å². The number of carbonyl (C=O) groups excluding carboxylic acids is 1. The van der Waals surface area contributed by atoms with Crippen LogP contribution in [-0.4, -0.2) is 29.5 Å². The van der Waals surface area contributed by atoms with Gasteiger partial charge in [-0.15, -0.1) is 0 Å². The Balaban J connectivity index is 1.97. The molecule has 2 fully saturated rings. The molecular formula is C16H23F3O3. The van der Waals surface area contributed by atoms with Gasteiger partial charge in [0.2, 0.25) is 0 Å². The Hall–Kier alpha value is -1.04. The Bertz CT molecular complexity index is 419. The van der Waals surface area contributed by atoms with Crippen LogP contribution in [0, 0.1) is 17.8 Å². The fourth-order valence-electron chi connectivity index (χ4n) is 3.48. The van der Waals surface area contributed by atoms with Crippen molar-refractivity contribution in [1.29, 1.82) is 0 Å². The van der Waals surface area contributed by atoms with Crippen molar-refractivity contribution < 1.29 is 27.8 Å². The van der Waals surface area contributed by atoms with Gasteiger partial charge in [-0.3, -0.25) is 4.79 Å². The lowest BCUT2D eigenvalue weighted by molar-refractivity contribution is -0.195. The van der Waals surface area contributed by atoms with E-state index in [2.05, 4.69) is 0 Å². The number of fused-ring (bicyclic) bond motifs is 1. The molecule has 2 aliphatic rings. The summed E-state index contributed by atoms with van der Waals surface area (Å²) in [5.74, 6) is -1.88. The second-order valence-corrected chi connectivity index (χ2v) is 6.30. The van der Waals surface area contributed by atoms with Gasteiger partial charge >= 0.3 is 12.1 Å². The van der Waals surface area contributed by atoms with Gasteiger partial charge in [-0.05, 0) is 25.2 Å². The Morgan fingerprint density at radius 1 is 1.41 bits per heavy atom. The average Bonchev–Trinajstić information content (AvgIpc) is 2.94. The lowest BCUT2D eigenvalue weighted by Gasteiger charge is -2.23. The fraction of sp³-hybridized carbons (Fsp3) is 0.812. The average molecular weight is 320 g/mol. The van der Waals surface area contributed by atoms with Crippen LogP contribution >= 0.6 is 0 Å². The van der Waals surface area contributed by atoms with Crippen molar-refractivity contribution in [3.8, 4) is 0 Å². The molecule has 6 heteroatoms. The topological polar surface area (TPSA) is 46.5 Å². The maximum atomic E-state index is 13.0. The zero-order valence-electron chi connectivity index (χ0n) is 12.7. The van der Waals surface area contributed by atoms with Crippen LogP contribution in [0.3, 0.4) is 0 Å². The summed E-state index contributed by atoms with van der Waals surface area (Å²) in [6.45, 7) is 1.82. The van der Waals surface area contributed by atoms with Crippen LogP contribution < -0.4 is 0 Å². The number of rotatable bonds is 6. The first-order valence-corrected chi connectivity index (χ1v) is 7.95. The van der Waals surface area contributed by atoms with Crippen molar-refractivity contribution in [2.45, 2.75) is 63.8 Å². The first kappa shape index (κ1) is 17.3. The van der Waals surface area contributed by atoms with Crippen LogP contribution in [-0.2, 0) is 9.53 Å². The number of hydrogen-bond donors (Lipinski definition) is 1. The molecule has 1 saturated heterocycles. The molecule has 5 unspecified atom stereocenters. The number of allylic oxidation sites excluding steroid dienone is 1. The largest absolute Gasteiger partial charge is 0.462 e. The van der Waals surface area contributed by atoms with E-state index in [9.17, 15) is 23.1 Å². The van der Waals surface area contributed by atoms with Gasteiger partial charge in [0, 0.05) is 5.92 Å². The predicted molar refractivity (Wildman–Crippen MR) is 74.9 cm³/mol. The lowest BCUT2D eigenvalue weighted by Crippen LogP contribution is -2.33. The van der Waals surface area contributed by atoms with E-state index in [1.165, 1.54) is 6.08 Å². The number of alkyl halides is 3. The summed E-state index contributed by atoms with van der Waals surface area (Å²) in [4.78, 5) is 11.3. The second-order valence-electron chi connectivity index (χ2n) is 6.30. The summed E-state index contributed by atoms with van der Waals surface area (Å²) in [7, 11) is 0. The Kier molecular flexibility index (Phi) is 5.53. The normalized spacial score (nSPS) is 31.3. The molecule has 0 amide bonds.